The van der Waals surface area contributed by atoms with Crippen molar-refractivity contribution in [2.24, 2.45) is 0 Å². The number of hydrogen-bond donors (Lipinski definition) is 2. The fourth-order valence-electron chi connectivity index (χ4n) is 1.95. The molecule has 1 unspecified atom stereocenters. The van der Waals surface area contributed by atoms with E-state index in [9.17, 15) is 18.0 Å². The van der Waals surface area contributed by atoms with E-state index in [1.54, 1.807) is 0 Å². The van der Waals surface area contributed by atoms with E-state index in [0.29, 0.717) is 0 Å². The lowest BCUT2D eigenvalue weighted by molar-refractivity contribution is -0.137. The molecule has 1 heterocycles. The fraction of sp³-hybridized carbons (Fsp3) is 0.909. The van der Waals surface area contributed by atoms with Gasteiger partial charge in [0.25, 0.3) is 0 Å². The second kappa shape index (κ2) is 6.94. The lowest BCUT2D eigenvalue weighted by Crippen LogP contribution is -2.44. The smallest absolute Gasteiger partial charge is 0.346 e. The Labute approximate surface area is 105 Å². The maximum Gasteiger partial charge on any atom is 0.405 e. The standard InChI is InChI=1S/C11H20F3N3O/c1-9(7-17-4-2-3-5-17)15-6-10(18)16-8-11(12,13)14/h9,15H,2-8H2,1H3,(H,16,18). The molecule has 1 fully saturated rings. The second-order valence-electron chi connectivity index (χ2n) is 4.68. The molecule has 1 rings (SSSR count). The third-order valence-electron chi connectivity index (χ3n) is 2.83. The summed E-state index contributed by atoms with van der Waals surface area (Å²) in [4.78, 5) is 13.4. The van der Waals surface area contributed by atoms with Crippen LogP contribution in [0.15, 0.2) is 0 Å². The molecule has 0 radical (unpaired) electrons. The van der Waals surface area contributed by atoms with E-state index in [0.717, 1.165) is 19.6 Å². The zero-order valence-corrected chi connectivity index (χ0v) is 10.5. The molecule has 106 valence electrons. The SMILES string of the molecule is CC(CN1CCCC1)NCC(=O)NCC(F)(F)F. The molecule has 4 nitrogen and oxygen atoms in total. The van der Waals surface area contributed by atoms with E-state index >= 15 is 0 Å². The van der Waals surface area contributed by atoms with Crippen LogP contribution in [0.3, 0.4) is 0 Å². The lowest BCUT2D eigenvalue weighted by Gasteiger charge is -2.21. The summed E-state index contributed by atoms with van der Waals surface area (Å²) in [7, 11) is 0. The second-order valence-corrected chi connectivity index (χ2v) is 4.68. The van der Waals surface area contributed by atoms with Crippen LogP contribution in [0.2, 0.25) is 0 Å². The van der Waals surface area contributed by atoms with Gasteiger partial charge in [-0.3, -0.25) is 4.79 Å². The Morgan fingerprint density at radius 2 is 1.94 bits per heavy atom. The summed E-state index contributed by atoms with van der Waals surface area (Å²) in [6.07, 6.45) is -1.96. The van der Waals surface area contributed by atoms with Gasteiger partial charge in [-0.1, -0.05) is 0 Å². The summed E-state index contributed by atoms with van der Waals surface area (Å²) >= 11 is 0. The molecular weight excluding hydrogens is 247 g/mol. The minimum Gasteiger partial charge on any atom is -0.346 e. The summed E-state index contributed by atoms with van der Waals surface area (Å²) in [6, 6.07) is 0.0970. The highest BCUT2D eigenvalue weighted by Gasteiger charge is 2.27. The van der Waals surface area contributed by atoms with Gasteiger partial charge in [0.05, 0.1) is 6.54 Å². The van der Waals surface area contributed by atoms with Crippen LogP contribution in [0, 0.1) is 0 Å². The fourth-order valence-corrected chi connectivity index (χ4v) is 1.95. The van der Waals surface area contributed by atoms with Gasteiger partial charge in [0, 0.05) is 12.6 Å². The van der Waals surface area contributed by atoms with Crippen LogP contribution >= 0.6 is 0 Å². The van der Waals surface area contributed by atoms with E-state index < -0.39 is 18.6 Å². The molecule has 0 aromatic carbocycles. The molecule has 0 saturated carbocycles. The van der Waals surface area contributed by atoms with E-state index in [2.05, 4.69) is 10.2 Å². The van der Waals surface area contributed by atoms with Crippen molar-refractivity contribution < 1.29 is 18.0 Å². The lowest BCUT2D eigenvalue weighted by atomic mass is 10.3. The predicted molar refractivity (Wildman–Crippen MR) is 62.2 cm³/mol. The quantitative estimate of drug-likeness (QED) is 0.746. The first-order chi connectivity index (χ1) is 8.37. The summed E-state index contributed by atoms with van der Waals surface area (Å²) in [5, 5.41) is 4.76. The van der Waals surface area contributed by atoms with Gasteiger partial charge in [0.1, 0.15) is 6.54 Å². The number of nitrogens with zero attached hydrogens (tertiary/aromatic N) is 1. The van der Waals surface area contributed by atoms with Crippen LogP contribution < -0.4 is 10.6 Å². The van der Waals surface area contributed by atoms with Crippen molar-refractivity contribution in [2.75, 3.05) is 32.7 Å². The molecule has 0 aliphatic carbocycles. The molecular formula is C11H20F3N3O. The molecule has 1 atom stereocenters. The van der Waals surface area contributed by atoms with Crippen molar-refractivity contribution in [2.45, 2.75) is 32.0 Å². The van der Waals surface area contributed by atoms with Gasteiger partial charge in [-0.2, -0.15) is 13.2 Å². The maximum atomic E-state index is 11.8. The molecule has 7 heteroatoms. The molecule has 0 aromatic rings. The number of carbonyl (C=O) groups excluding carboxylic acids is 1. The monoisotopic (exact) mass is 267 g/mol. The van der Waals surface area contributed by atoms with Gasteiger partial charge >= 0.3 is 6.18 Å². The van der Waals surface area contributed by atoms with Gasteiger partial charge < -0.3 is 15.5 Å². The highest BCUT2D eigenvalue weighted by molar-refractivity contribution is 5.78. The van der Waals surface area contributed by atoms with Gasteiger partial charge in [-0.15, -0.1) is 0 Å². The summed E-state index contributed by atoms with van der Waals surface area (Å²) < 4.78 is 35.5. The zero-order valence-electron chi connectivity index (χ0n) is 10.5. The molecule has 1 aliphatic rings. The average molecular weight is 267 g/mol. The van der Waals surface area contributed by atoms with Crippen LogP contribution in [0.5, 0.6) is 0 Å². The van der Waals surface area contributed by atoms with Crippen LogP contribution in [0.25, 0.3) is 0 Å². The normalized spacial score (nSPS) is 18.9. The number of carbonyl (C=O) groups is 1. The maximum absolute atomic E-state index is 11.8. The van der Waals surface area contributed by atoms with Crippen molar-refractivity contribution in [3.05, 3.63) is 0 Å². The number of halogens is 3. The molecule has 18 heavy (non-hydrogen) atoms. The zero-order chi connectivity index (χ0) is 13.6. The van der Waals surface area contributed by atoms with Crippen molar-refractivity contribution in [3.8, 4) is 0 Å². The minimum absolute atomic E-state index is 0.0783. The third-order valence-corrected chi connectivity index (χ3v) is 2.83. The molecule has 1 amide bonds. The van der Waals surface area contributed by atoms with E-state index in [1.165, 1.54) is 12.8 Å². The third kappa shape index (κ3) is 6.80. The number of rotatable bonds is 6. The van der Waals surface area contributed by atoms with Crippen molar-refractivity contribution >= 4 is 5.91 Å². The first-order valence-corrected chi connectivity index (χ1v) is 6.16. The minimum atomic E-state index is -4.35. The molecule has 0 bridgehead atoms. The van der Waals surface area contributed by atoms with Crippen LogP contribution in [-0.2, 0) is 4.79 Å². The van der Waals surface area contributed by atoms with E-state index in [4.69, 9.17) is 0 Å². The number of amides is 1. The van der Waals surface area contributed by atoms with Crippen molar-refractivity contribution in [3.63, 3.8) is 0 Å². The van der Waals surface area contributed by atoms with Crippen LogP contribution in [-0.4, -0.2) is 55.7 Å². The topological polar surface area (TPSA) is 44.4 Å². The molecule has 0 aromatic heterocycles. The van der Waals surface area contributed by atoms with E-state index in [1.807, 2.05) is 12.2 Å². The van der Waals surface area contributed by atoms with Gasteiger partial charge in [-0.05, 0) is 32.9 Å². The Balaban J connectivity index is 2.09. The highest BCUT2D eigenvalue weighted by atomic mass is 19.4. The first-order valence-electron chi connectivity index (χ1n) is 6.16. The van der Waals surface area contributed by atoms with Crippen molar-refractivity contribution in [1.82, 2.24) is 15.5 Å². The molecule has 1 saturated heterocycles. The molecule has 2 N–H and O–H groups in total. The van der Waals surface area contributed by atoms with Crippen LogP contribution in [0.1, 0.15) is 19.8 Å². The van der Waals surface area contributed by atoms with Gasteiger partial charge in [0.2, 0.25) is 5.91 Å². The van der Waals surface area contributed by atoms with E-state index in [-0.39, 0.29) is 12.6 Å². The average Bonchev–Trinajstić information content (AvgIpc) is 2.75. The summed E-state index contributed by atoms with van der Waals surface area (Å²) in [6.45, 7) is 3.53. The number of nitrogens with one attached hydrogen (secondary N) is 2. The number of hydrogen-bond acceptors (Lipinski definition) is 3. The largest absolute Gasteiger partial charge is 0.405 e. The molecule has 0 spiro atoms. The Bertz CT molecular complexity index is 265. The summed E-state index contributed by atoms with van der Waals surface area (Å²) in [5.41, 5.74) is 0. The van der Waals surface area contributed by atoms with Crippen molar-refractivity contribution in [1.29, 1.82) is 0 Å². The molecule has 1 aliphatic heterocycles. The van der Waals surface area contributed by atoms with Crippen LogP contribution in [0.4, 0.5) is 13.2 Å². The Hall–Kier alpha value is -0.820. The predicted octanol–water partition coefficient (Wildman–Crippen LogP) is 0.739. The highest BCUT2D eigenvalue weighted by Crippen LogP contribution is 2.11. The summed E-state index contributed by atoms with van der Waals surface area (Å²) in [5.74, 6) is -0.624. The first kappa shape index (κ1) is 15.2. The Kier molecular flexibility index (Phi) is 5.87. The van der Waals surface area contributed by atoms with Gasteiger partial charge in [-0.25, -0.2) is 0 Å². The number of alkyl halides is 3. The van der Waals surface area contributed by atoms with Gasteiger partial charge in [0.15, 0.2) is 0 Å². The number of likely N-dealkylation sites (tertiary alicyclic amines) is 1. The Morgan fingerprint density at radius 3 is 2.50 bits per heavy atom. The Morgan fingerprint density at radius 1 is 1.33 bits per heavy atom.